The van der Waals surface area contributed by atoms with E-state index in [1.54, 1.807) is 48.5 Å². The fourth-order valence-corrected chi connectivity index (χ4v) is 3.59. The maximum absolute atomic E-state index is 12.8. The van der Waals surface area contributed by atoms with E-state index in [2.05, 4.69) is 5.10 Å². The zero-order chi connectivity index (χ0) is 20.1. The van der Waals surface area contributed by atoms with Crippen LogP contribution in [0.3, 0.4) is 0 Å². The van der Waals surface area contributed by atoms with Crippen molar-refractivity contribution in [3.8, 4) is 22.4 Å². The van der Waals surface area contributed by atoms with Gasteiger partial charge in [-0.1, -0.05) is 53.5 Å². The minimum Gasteiger partial charge on any atom is -0.308 e. The molecule has 0 saturated carbocycles. The summed E-state index contributed by atoms with van der Waals surface area (Å²) in [6.07, 6.45) is -4.49. The standard InChI is InChI=1S/C19H12Cl2F3N3O/c20-12-7-5-11(6-8-12)16-15-9-26(10-19(22,23)24)18(28)27(15)25-17(16)13-3-1-2-4-14(13)21/h1-8H,9-10H2. The lowest BCUT2D eigenvalue weighted by atomic mass is 9.99. The molecular formula is C19H12Cl2F3N3O. The van der Waals surface area contributed by atoms with E-state index >= 15 is 0 Å². The van der Waals surface area contributed by atoms with Gasteiger partial charge in [-0.05, 0) is 23.8 Å². The van der Waals surface area contributed by atoms with Crippen LogP contribution in [-0.2, 0) is 6.54 Å². The van der Waals surface area contributed by atoms with Crippen molar-refractivity contribution in [3.05, 3.63) is 64.3 Å². The molecule has 28 heavy (non-hydrogen) atoms. The van der Waals surface area contributed by atoms with Gasteiger partial charge in [0.1, 0.15) is 12.2 Å². The molecule has 3 aromatic rings. The number of aromatic nitrogens is 2. The summed E-state index contributed by atoms with van der Waals surface area (Å²) >= 11 is 12.3. The van der Waals surface area contributed by atoms with Gasteiger partial charge in [0, 0.05) is 16.1 Å². The molecule has 0 aliphatic carbocycles. The fraction of sp³-hybridized carbons (Fsp3) is 0.158. The van der Waals surface area contributed by atoms with Gasteiger partial charge in [0.05, 0.1) is 17.3 Å². The second-order valence-corrected chi connectivity index (χ2v) is 7.17. The van der Waals surface area contributed by atoms with Gasteiger partial charge < -0.3 is 4.90 Å². The first kappa shape index (κ1) is 18.8. The first-order chi connectivity index (χ1) is 13.2. The summed E-state index contributed by atoms with van der Waals surface area (Å²) in [5.41, 5.74) is 2.64. The summed E-state index contributed by atoms with van der Waals surface area (Å²) in [4.78, 5) is 13.2. The lowest BCUT2D eigenvalue weighted by Gasteiger charge is -2.17. The molecular weight excluding hydrogens is 414 g/mol. The van der Waals surface area contributed by atoms with Crippen LogP contribution < -0.4 is 0 Å². The quantitative estimate of drug-likeness (QED) is 0.526. The maximum Gasteiger partial charge on any atom is 0.406 e. The summed E-state index contributed by atoms with van der Waals surface area (Å²) < 4.78 is 39.5. The van der Waals surface area contributed by atoms with Crippen LogP contribution in [-0.4, -0.2) is 33.4 Å². The zero-order valence-electron chi connectivity index (χ0n) is 14.2. The van der Waals surface area contributed by atoms with Crippen LogP contribution in [0, 0.1) is 0 Å². The molecule has 0 spiro atoms. The Bertz CT molecular complexity index is 1060. The Morgan fingerprint density at radius 1 is 1.04 bits per heavy atom. The van der Waals surface area contributed by atoms with Gasteiger partial charge in [0.2, 0.25) is 0 Å². The largest absolute Gasteiger partial charge is 0.406 e. The number of hydrogen-bond acceptors (Lipinski definition) is 2. The molecule has 1 aliphatic rings. The topological polar surface area (TPSA) is 38.1 Å². The minimum atomic E-state index is -4.49. The van der Waals surface area contributed by atoms with Crippen molar-refractivity contribution in [2.24, 2.45) is 0 Å². The fourth-order valence-electron chi connectivity index (χ4n) is 3.24. The first-order valence-electron chi connectivity index (χ1n) is 8.23. The summed E-state index contributed by atoms with van der Waals surface area (Å²) in [7, 11) is 0. The molecule has 1 aliphatic heterocycles. The SMILES string of the molecule is O=C1N(CC(F)(F)F)Cc2c(-c3ccc(Cl)cc3)c(-c3ccccc3Cl)nn21. The highest BCUT2D eigenvalue weighted by atomic mass is 35.5. The molecule has 0 unspecified atom stereocenters. The van der Waals surface area contributed by atoms with E-state index in [9.17, 15) is 18.0 Å². The van der Waals surface area contributed by atoms with Crippen LogP contribution in [0.2, 0.25) is 10.0 Å². The molecule has 0 saturated heterocycles. The van der Waals surface area contributed by atoms with Crippen molar-refractivity contribution in [3.63, 3.8) is 0 Å². The molecule has 2 aromatic carbocycles. The number of halogens is 5. The summed E-state index contributed by atoms with van der Waals surface area (Å²) in [6.45, 7) is -1.54. The molecule has 0 N–H and O–H groups in total. The second kappa shape index (κ2) is 6.83. The van der Waals surface area contributed by atoms with Gasteiger partial charge >= 0.3 is 12.2 Å². The smallest absolute Gasteiger partial charge is 0.308 e. The molecule has 0 bridgehead atoms. The number of rotatable bonds is 3. The van der Waals surface area contributed by atoms with Crippen LogP contribution in [0.25, 0.3) is 22.4 Å². The van der Waals surface area contributed by atoms with Crippen molar-refractivity contribution in [2.45, 2.75) is 12.7 Å². The summed E-state index contributed by atoms with van der Waals surface area (Å²) in [6, 6.07) is 12.9. The Balaban J connectivity index is 1.88. The number of alkyl halides is 3. The van der Waals surface area contributed by atoms with E-state index in [0.717, 1.165) is 9.58 Å². The number of carbonyl (C=O) groups excluding carboxylic acids is 1. The second-order valence-electron chi connectivity index (χ2n) is 6.32. The molecule has 0 atom stereocenters. The Morgan fingerprint density at radius 2 is 1.71 bits per heavy atom. The van der Waals surface area contributed by atoms with Crippen molar-refractivity contribution in [2.75, 3.05) is 6.54 Å². The Morgan fingerprint density at radius 3 is 2.36 bits per heavy atom. The van der Waals surface area contributed by atoms with Gasteiger partial charge in [0.25, 0.3) is 0 Å². The maximum atomic E-state index is 12.8. The molecule has 0 fully saturated rings. The molecule has 4 nitrogen and oxygen atoms in total. The Labute approximate surface area is 168 Å². The van der Waals surface area contributed by atoms with E-state index in [4.69, 9.17) is 23.2 Å². The molecule has 0 radical (unpaired) electrons. The van der Waals surface area contributed by atoms with Crippen molar-refractivity contribution in [1.29, 1.82) is 0 Å². The van der Waals surface area contributed by atoms with Gasteiger partial charge in [-0.3, -0.25) is 0 Å². The van der Waals surface area contributed by atoms with Gasteiger partial charge in [-0.25, -0.2) is 4.79 Å². The summed E-state index contributed by atoms with van der Waals surface area (Å²) in [5, 5.41) is 5.26. The van der Waals surface area contributed by atoms with Crippen LogP contribution >= 0.6 is 23.2 Å². The van der Waals surface area contributed by atoms with E-state index in [1.807, 2.05) is 0 Å². The van der Waals surface area contributed by atoms with E-state index in [1.165, 1.54) is 0 Å². The average Bonchev–Trinajstić information content (AvgIpc) is 3.12. The van der Waals surface area contributed by atoms with Crippen LogP contribution in [0.5, 0.6) is 0 Å². The number of fused-ring (bicyclic) bond motifs is 1. The summed E-state index contributed by atoms with van der Waals surface area (Å²) in [5.74, 6) is 0. The monoisotopic (exact) mass is 425 g/mol. The van der Waals surface area contributed by atoms with E-state index < -0.39 is 18.8 Å². The zero-order valence-corrected chi connectivity index (χ0v) is 15.7. The van der Waals surface area contributed by atoms with E-state index in [0.29, 0.717) is 38.1 Å². The average molecular weight is 426 g/mol. The van der Waals surface area contributed by atoms with Crippen LogP contribution in [0.1, 0.15) is 5.69 Å². The number of nitrogens with zero attached hydrogens (tertiary/aromatic N) is 3. The van der Waals surface area contributed by atoms with Gasteiger partial charge in [-0.15, -0.1) is 0 Å². The third-order valence-corrected chi connectivity index (χ3v) is 4.99. The third-order valence-electron chi connectivity index (χ3n) is 4.41. The molecule has 9 heteroatoms. The first-order valence-corrected chi connectivity index (χ1v) is 8.99. The van der Waals surface area contributed by atoms with Crippen LogP contribution in [0.15, 0.2) is 48.5 Å². The van der Waals surface area contributed by atoms with Gasteiger partial charge in [0.15, 0.2) is 0 Å². The number of hydrogen-bond donors (Lipinski definition) is 0. The lowest BCUT2D eigenvalue weighted by Crippen LogP contribution is -2.35. The van der Waals surface area contributed by atoms with E-state index in [-0.39, 0.29) is 6.54 Å². The predicted octanol–water partition coefficient (Wildman–Crippen LogP) is 5.87. The molecule has 144 valence electrons. The van der Waals surface area contributed by atoms with Crippen LogP contribution in [0.4, 0.5) is 18.0 Å². The highest BCUT2D eigenvalue weighted by Crippen LogP contribution is 2.40. The Hall–Kier alpha value is -2.51. The highest BCUT2D eigenvalue weighted by Gasteiger charge is 2.40. The normalized spacial score (nSPS) is 13.9. The predicted molar refractivity (Wildman–Crippen MR) is 100 cm³/mol. The highest BCUT2D eigenvalue weighted by molar-refractivity contribution is 6.33. The van der Waals surface area contributed by atoms with Gasteiger partial charge in [-0.2, -0.15) is 23.0 Å². The van der Waals surface area contributed by atoms with Crippen molar-refractivity contribution < 1.29 is 18.0 Å². The van der Waals surface area contributed by atoms with Crippen molar-refractivity contribution in [1.82, 2.24) is 14.7 Å². The molecule has 4 rings (SSSR count). The number of amides is 1. The van der Waals surface area contributed by atoms with Crippen molar-refractivity contribution >= 4 is 29.2 Å². The lowest BCUT2D eigenvalue weighted by molar-refractivity contribution is -0.139. The number of benzene rings is 2. The Kier molecular flexibility index (Phi) is 4.59. The molecule has 2 heterocycles. The molecule has 1 amide bonds. The third kappa shape index (κ3) is 3.36. The molecule has 1 aromatic heterocycles. The number of carbonyl (C=O) groups is 1. The minimum absolute atomic E-state index is 0.201.